The molecule has 0 N–H and O–H groups in total. The zero-order valence-corrected chi connectivity index (χ0v) is 8.03. The van der Waals surface area contributed by atoms with E-state index in [0.717, 1.165) is 12.4 Å². The maximum Gasteiger partial charge on any atom is 0.129 e. The van der Waals surface area contributed by atoms with E-state index in [9.17, 15) is 0 Å². The highest BCUT2D eigenvalue weighted by molar-refractivity contribution is 5.39. The fourth-order valence-electron chi connectivity index (χ4n) is 1.92. The second-order valence-electron chi connectivity index (χ2n) is 3.66. The predicted molar refractivity (Wildman–Crippen MR) is 53.7 cm³/mol. The third kappa shape index (κ3) is 1.82. The van der Waals surface area contributed by atoms with Crippen molar-refractivity contribution in [2.45, 2.75) is 32.2 Å². The fourth-order valence-corrected chi connectivity index (χ4v) is 1.92. The molecule has 1 unspecified atom stereocenters. The minimum absolute atomic E-state index is 0.636. The average Bonchev–Trinajstić information content (AvgIpc) is 2.20. The summed E-state index contributed by atoms with van der Waals surface area (Å²) in [5, 5.41) is 0. The summed E-state index contributed by atoms with van der Waals surface area (Å²) in [5.41, 5.74) is 0. The minimum atomic E-state index is 0.636. The van der Waals surface area contributed by atoms with Crippen LogP contribution in [0.4, 0.5) is 5.82 Å². The highest BCUT2D eigenvalue weighted by atomic mass is 15.2. The summed E-state index contributed by atoms with van der Waals surface area (Å²) in [6.07, 6.45) is 6.82. The van der Waals surface area contributed by atoms with Crippen molar-refractivity contribution in [3.63, 3.8) is 0 Å². The lowest BCUT2D eigenvalue weighted by Crippen LogP contribution is -2.37. The van der Waals surface area contributed by atoms with Gasteiger partial charge in [-0.25, -0.2) is 4.98 Å². The van der Waals surface area contributed by atoms with Crippen LogP contribution in [0.3, 0.4) is 0 Å². The van der Waals surface area contributed by atoms with Gasteiger partial charge in [0.2, 0.25) is 0 Å². The van der Waals surface area contributed by atoms with E-state index >= 15 is 0 Å². The van der Waals surface area contributed by atoms with Crippen LogP contribution in [0.5, 0.6) is 0 Å². The van der Waals surface area contributed by atoms with Crippen molar-refractivity contribution in [3.8, 4) is 0 Å². The molecule has 0 aliphatic carbocycles. The van der Waals surface area contributed by atoms with Gasteiger partial charge in [-0.15, -0.1) is 0 Å². The molecule has 1 aliphatic rings. The highest BCUT2D eigenvalue weighted by Gasteiger charge is 2.18. The van der Waals surface area contributed by atoms with Crippen molar-refractivity contribution in [3.05, 3.63) is 24.4 Å². The van der Waals surface area contributed by atoms with Gasteiger partial charge < -0.3 is 4.90 Å². The molecule has 1 saturated heterocycles. The lowest BCUT2D eigenvalue weighted by Gasteiger charge is -2.34. The molecule has 0 saturated carbocycles. The molecule has 0 aromatic carbocycles. The number of rotatable bonds is 1. The second kappa shape index (κ2) is 3.77. The Hall–Kier alpha value is -1.05. The van der Waals surface area contributed by atoms with E-state index in [1.807, 2.05) is 12.1 Å². The molecule has 1 aliphatic heterocycles. The third-order valence-electron chi connectivity index (χ3n) is 2.69. The topological polar surface area (TPSA) is 16.1 Å². The van der Waals surface area contributed by atoms with E-state index in [-0.39, 0.29) is 0 Å². The van der Waals surface area contributed by atoms with Crippen molar-refractivity contribution in [2.75, 3.05) is 11.4 Å². The van der Waals surface area contributed by atoms with E-state index in [4.69, 9.17) is 0 Å². The first-order chi connectivity index (χ1) is 6.38. The van der Waals surface area contributed by atoms with Gasteiger partial charge in [-0.3, -0.25) is 0 Å². The van der Waals surface area contributed by atoms with Crippen LogP contribution >= 0.6 is 0 Å². The van der Waals surface area contributed by atoms with E-state index in [2.05, 4.69) is 29.1 Å². The number of piperidine rings is 1. The van der Waals surface area contributed by atoms with Gasteiger partial charge in [-0.2, -0.15) is 0 Å². The smallest absolute Gasteiger partial charge is 0.129 e. The molecule has 13 heavy (non-hydrogen) atoms. The Kier molecular flexibility index (Phi) is 2.48. The molecule has 2 nitrogen and oxygen atoms in total. The van der Waals surface area contributed by atoms with Crippen LogP contribution in [0.1, 0.15) is 26.2 Å². The molecule has 1 fully saturated rings. The Bertz CT molecular complexity index is 258. The zero-order valence-electron chi connectivity index (χ0n) is 8.03. The molecule has 2 rings (SSSR count). The van der Waals surface area contributed by atoms with E-state index in [1.54, 1.807) is 0 Å². The Morgan fingerprint density at radius 2 is 2.46 bits per heavy atom. The van der Waals surface area contributed by atoms with Crippen LogP contribution < -0.4 is 4.90 Å². The molecule has 1 aromatic heterocycles. The van der Waals surface area contributed by atoms with Crippen LogP contribution in [-0.4, -0.2) is 17.6 Å². The standard InChI is InChI=1S/C11H15N2/c1-10-6-3-5-9-13(10)11-7-2-4-8-12-11/h2,4,7,10H,3,5-6,9H2,1H3. The summed E-state index contributed by atoms with van der Waals surface area (Å²) in [6, 6.07) is 6.55. The summed E-state index contributed by atoms with van der Waals surface area (Å²) < 4.78 is 0. The number of anilines is 1. The van der Waals surface area contributed by atoms with Gasteiger partial charge in [0, 0.05) is 12.6 Å². The van der Waals surface area contributed by atoms with Crippen molar-refractivity contribution < 1.29 is 0 Å². The molecular formula is C11H15N2. The van der Waals surface area contributed by atoms with Crippen molar-refractivity contribution in [2.24, 2.45) is 0 Å². The molecule has 0 amide bonds. The van der Waals surface area contributed by atoms with E-state index in [1.165, 1.54) is 19.3 Å². The SMILES string of the molecule is CC1CCCCN1c1ccc[c]n1. The van der Waals surface area contributed by atoms with Gasteiger partial charge >= 0.3 is 0 Å². The molecule has 69 valence electrons. The van der Waals surface area contributed by atoms with Gasteiger partial charge in [0.05, 0.1) is 6.20 Å². The van der Waals surface area contributed by atoms with Crippen molar-refractivity contribution in [1.29, 1.82) is 0 Å². The zero-order chi connectivity index (χ0) is 9.10. The summed E-state index contributed by atoms with van der Waals surface area (Å²) >= 11 is 0. The summed E-state index contributed by atoms with van der Waals surface area (Å²) in [4.78, 5) is 6.63. The first-order valence-electron chi connectivity index (χ1n) is 4.97. The van der Waals surface area contributed by atoms with Crippen LogP contribution in [0.25, 0.3) is 0 Å². The third-order valence-corrected chi connectivity index (χ3v) is 2.69. The number of hydrogen-bond donors (Lipinski definition) is 0. The Labute approximate surface area is 79.6 Å². The molecule has 0 bridgehead atoms. The lowest BCUT2D eigenvalue weighted by molar-refractivity contribution is 0.481. The average molecular weight is 175 g/mol. The first-order valence-corrected chi connectivity index (χ1v) is 4.97. The number of aromatic nitrogens is 1. The van der Waals surface area contributed by atoms with Crippen LogP contribution in [0.15, 0.2) is 18.2 Å². The molecule has 1 aromatic rings. The number of nitrogens with zero attached hydrogens (tertiary/aromatic N) is 2. The van der Waals surface area contributed by atoms with Gasteiger partial charge in [-0.1, -0.05) is 6.07 Å². The van der Waals surface area contributed by atoms with Crippen LogP contribution in [-0.2, 0) is 0 Å². The van der Waals surface area contributed by atoms with Crippen LogP contribution in [0, 0.1) is 6.20 Å². The summed E-state index contributed by atoms with van der Waals surface area (Å²) in [6.45, 7) is 3.42. The maximum atomic E-state index is 4.25. The Morgan fingerprint density at radius 1 is 1.54 bits per heavy atom. The molecule has 0 spiro atoms. The van der Waals surface area contributed by atoms with E-state index in [0.29, 0.717) is 6.04 Å². The first kappa shape index (κ1) is 8.54. The fraction of sp³-hybridized carbons (Fsp3) is 0.545. The summed E-state index contributed by atoms with van der Waals surface area (Å²) in [5.74, 6) is 1.08. The maximum absolute atomic E-state index is 4.25. The Balaban J connectivity index is 2.15. The number of hydrogen-bond acceptors (Lipinski definition) is 2. The van der Waals surface area contributed by atoms with Crippen molar-refractivity contribution in [1.82, 2.24) is 4.98 Å². The predicted octanol–water partition coefficient (Wildman–Crippen LogP) is 2.26. The quantitative estimate of drug-likeness (QED) is 0.651. The lowest BCUT2D eigenvalue weighted by atomic mass is 10.0. The molecular weight excluding hydrogens is 160 g/mol. The van der Waals surface area contributed by atoms with Gasteiger partial charge in [0.15, 0.2) is 0 Å². The normalized spacial score (nSPS) is 23.2. The Morgan fingerprint density at radius 3 is 3.15 bits per heavy atom. The molecule has 1 atom stereocenters. The minimum Gasteiger partial charge on any atom is -0.354 e. The highest BCUT2D eigenvalue weighted by Crippen LogP contribution is 2.21. The summed E-state index contributed by atoms with van der Waals surface area (Å²) in [7, 11) is 0. The number of pyridine rings is 1. The largest absolute Gasteiger partial charge is 0.354 e. The molecule has 2 heterocycles. The second-order valence-corrected chi connectivity index (χ2v) is 3.66. The van der Waals surface area contributed by atoms with Crippen molar-refractivity contribution >= 4 is 5.82 Å². The van der Waals surface area contributed by atoms with Gasteiger partial charge in [0.25, 0.3) is 0 Å². The van der Waals surface area contributed by atoms with Gasteiger partial charge in [0.1, 0.15) is 5.82 Å². The van der Waals surface area contributed by atoms with Gasteiger partial charge in [-0.05, 0) is 38.3 Å². The van der Waals surface area contributed by atoms with Crippen LogP contribution in [0.2, 0.25) is 0 Å². The van der Waals surface area contributed by atoms with E-state index < -0.39 is 0 Å². The molecule has 2 heteroatoms. The molecule has 1 radical (unpaired) electrons. The monoisotopic (exact) mass is 175 g/mol.